The standard InChI is InChI=1S/C36H54N2/c1-7-9-11-12-13-14-15-16-17-18-20-22-36(38-34-27-31(5)24-32(6)28-34)35(21-19-10-8-2)37-33-25-29(3)23-30(4)26-33/h20,22-28H,7-19,21H2,1-6H3. The first-order valence-electron chi connectivity index (χ1n) is 15.4. The molecule has 0 atom stereocenters. The molecule has 0 heterocycles. The van der Waals surface area contributed by atoms with Crippen molar-refractivity contribution in [1.29, 1.82) is 0 Å². The van der Waals surface area contributed by atoms with Crippen molar-refractivity contribution in [1.82, 2.24) is 0 Å². The molecule has 38 heavy (non-hydrogen) atoms. The molecule has 0 spiro atoms. The lowest BCUT2D eigenvalue weighted by Crippen LogP contribution is -2.12. The molecule has 2 rings (SSSR count). The lowest BCUT2D eigenvalue weighted by atomic mass is 10.0. The van der Waals surface area contributed by atoms with E-state index in [0.717, 1.165) is 42.1 Å². The zero-order valence-electron chi connectivity index (χ0n) is 25.4. The van der Waals surface area contributed by atoms with E-state index in [2.05, 4.69) is 90.1 Å². The number of benzene rings is 2. The van der Waals surface area contributed by atoms with Crippen molar-refractivity contribution in [3.05, 3.63) is 70.8 Å². The maximum Gasteiger partial charge on any atom is 0.0848 e. The molecule has 208 valence electrons. The van der Waals surface area contributed by atoms with E-state index in [9.17, 15) is 0 Å². The highest BCUT2D eigenvalue weighted by Crippen LogP contribution is 2.22. The van der Waals surface area contributed by atoms with Crippen LogP contribution in [0.2, 0.25) is 0 Å². The van der Waals surface area contributed by atoms with Gasteiger partial charge in [0.15, 0.2) is 0 Å². The van der Waals surface area contributed by atoms with Crippen molar-refractivity contribution in [3.63, 3.8) is 0 Å². The van der Waals surface area contributed by atoms with Gasteiger partial charge in [-0.3, -0.25) is 4.99 Å². The van der Waals surface area contributed by atoms with Crippen LogP contribution in [0.3, 0.4) is 0 Å². The largest absolute Gasteiger partial charge is 0.251 e. The van der Waals surface area contributed by atoms with Crippen LogP contribution in [0.25, 0.3) is 0 Å². The van der Waals surface area contributed by atoms with Gasteiger partial charge in [0, 0.05) is 0 Å². The van der Waals surface area contributed by atoms with Crippen LogP contribution >= 0.6 is 0 Å². The van der Waals surface area contributed by atoms with Crippen molar-refractivity contribution in [3.8, 4) is 0 Å². The zero-order chi connectivity index (χ0) is 27.6. The Bertz CT molecular complexity index is 1000. The summed E-state index contributed by atoms with van der Waals surface area (Å²) in [6.45, 7) is 13.1. The molecule has 0 bridgehead atoms. The molecule has 2 heteroatoms. The van der Waals surface area contributed by atoms with Gasteiger partial charge in [0.2, 0.25) is 0 Å². The number of aliphatic imine (C=N–C) groups is 2. The first-order chi connectivity index (χ1) is 18.4. The fourth-order valence-electron chi connectivity index (χ4n) is 5.07. The molecule has 0 fully saturated rings. The van der Waals surface area contributed by atoms with Gasteiger partial charge in [0.1, 0.15) is 0 Å². The van der Waals surface area contributed by atoms with E-state index in [0.29, 0.717) is 0 Å². The number of allylic oxidation sites excluding steroid dienone is 2. The Labute approximate surface area is 234 Å². The average Bonchev–Trinajstić information content (AvgIpc) is 2.85. The second-order valence-corrected chi connectivity index (χ2v) is 11.2. The third-order valence-corrected chi connectivity index (χ3v) is 6.99. The number of hydrogen-bond acceptors (Lipinski definition) is 2. The van der Waals surface area contributed by atoms with Crippen LogP contribution in [-0.4, -0.2) is 11.4 Å². The monoisotopic (exact) mass is 514 g/mol. The van der Waals surface area contributed by atoms with Crippen LogP contribution < -0.4 is 0 Å². The van der Waals surface area contributed by atoms with Crippen molar-refractivity contribution < 1.29 is 0 Å². The van der Waals surface area contributed by atoms with Crippen LogP contribution in [0.4, 0.5) is 11.4 Å². The summed E-state index contributed by atoms with van der Waals surface area (Å²) in [5.74, 6) is 0. The summed E-state index contributed by atoms with van der Waals surface area (Å²) in [5.41, 5.74) is 9.19. The Morgan fingerprint density at radius 3 is 1.53 bits per heavy atom. The molecule has 0 saturated heterocycles. The minimum absolute atomic E-state index is 0.951. The molecule has 0 unspecified atom stereocenters. The highest BCUT2D eigenvalue weighted by Gasteiger charge is 2.09. The van der Waals surface area contributed by atoms with Gasteiger partial charge >= 0.3 is 0 Å². The zero-order valence-corrected chi connectivity index (χ0v) is 25.4. The molecule has 0 amide bonds. The summed E-state index contributed by atoms with van der Waals surface area (Å²) in [4.78, 5) is 10.4. The molecule has 0 N–H and O–H groups in total. The number of nitrogens with zero attached hydrogens (tertiary/aromatic N) is 2. The minimum atomic E-state index is 0.951. The van der Waals surface area contributed by atoms with E-state index < -0.39 is 0 Å². The molecule has 2 aromatic carbocycles. The Morgan fingerprint density at radius 1 is 0.553 bits per heavy atom. The van der Waals surface area contributed by atoms with Crippen LogP contribution in [0.1, 0.15) is 126 Å². The number of unbranched alkanes of at least 4 members (excludes halogenated alkanes) is 11. The van der Waals surface area contributed by atoms with E-state index in [1.54, 1.807) is 0 Å². The lowest BCUT2D eigenvalue weighted by Gasteiger charge is -2.10. The van der Waals surface area contributed by atoms with Crippen molar-refractivity contribution in [2.45, 2.75) is 131 Å². The summed E-state index contributed by atoms with van der Waals surface area (Å²) in [6.07, 6.45) is 22.5. The predicted octanol–water partition coefficient (Wildman–Crippen LogP) is 11.8. The van der Waals surface area contributed by atoms with E-state index in [-0.39, 0.29) is 0 Å². The smallest absolute Gasteiger partial charge is 0.0848 e. The van der Waals surface area contributed by atoms with Gasteiger partial charge in [-0.2, -0.15) is 0 Å². The second kappa shape index (κ2) is 18.7. The van der Waals surface area contributed by atoms with Crippen molar-refractivity contribution >= 4 is 22.8 Å². The molecular weight excluding hydrogens is 460 g/mol. The molecular formula is C36H54N2. The summed E-state index contributed by atoms with van der Waals surface area (Å²) in [7, 11) is 0. The summed E-state index contributed by atoms with van der Waals surface area (Å²) >= 11 is 0. The van der Waals surface area contributed by atoms with Gasteiger partial charge in [-0.05, 0) is 106 Å². The number of hydrogen-bond donors (Lipinski definition) is 0. The summed E-state index contributed by atoms with van der Waals surface area (Å²) < 4.78 is 0. The van der Waals surface area contributed by atoms with Gasteiger partial charge in [0.25, 0.3) is 0 Å². The van der Waals surface area contributed by atoms with E-state index >= 15 is 0 Å². The average molecular weight is 515 g/mol. The van der Waals surface area contributed by atoms with Gasteiger partial charge in [-0.1, -0.05) is 96.3 Å². The first kappa shape index (κ1) is 31.7. The highest BCUT2D eigenvalue weighted by molar-refractivity contribution is 6.47. The fourth-order valence-corrected chi connectivity index (χ4v) is 5.07. The molecule has 0 aliphatic heterocycles. The molecule has 0 aliphatic carbocycles. The van der Waals surface area contributed by atoms with Gasteiger partial charge < -0.3 is 0 Å². The molecule has 2 nitrogen and oxygen atoms in total. The highest BCUT2D eigenvalue weighted by atomic mass is 14.8. The second-order valence-electron chi connectivity index (χ2n) is 11.2. The first-order valence-corrected chi connectivity index (χ1v) is 15.4. The normalized spacial score (nSPS) is 12.6. The number of rotatable bonds is 18. The molecule has 0 aromatic heterocycles. The van der Waals surface area contributed by atoms with Gasteiger partial charge in [-0.25, -0.2) is 4.99 Å². The Kier molecular flexibility index (Phi) is 15.6. The van der Waals surface area contributed by atoms with Gasteiger partial charge in [-0.15, -0.1) is 0 Å². The molecule has 0 saturated carbocycles. The van der Waals surface area contributed by atoms with Crippen LogP contribution in [-0.2, 0) is 0 Å². The van der Waals surface area contributed by atoms with Crippen LogP contribution in [0, 0.1) is 27.7 Å². The maximum absolute atomic E-state index is 5.20. The molecule has 0 radical (unpaired) electrons. The topological polar surface area (TPSA) is 24.7 Å². The summed E-state index contributed by atoms with van der Waals surface area (Å²) in [5, 5.41) is 0. The number of aryl methyl sites for hydroxylation is 4. The van der Waals surface area contributed by atoms with Gasteiger partial charge in [0.05, 0.1) is 22.8 Å². The molecule has 0 aliphatic rings. The molecule has 2 aromatic rings. The van der Waals surface area contributed by atoms with Crippen molar-refractivity contribution in [2.75, 3.05) is 0 Å². The summed E-state index contributed by atoms with van der Waals surface area (Å²) in [6, 6.07) is 13.2. The predicted molar refractivity (Wildman–Crippen MR) is 171 cm³/mol. The third kappa shape index (κ3) is 13.4. The Morgan fingerprint density at radius 2 is 1.00 bits per heavy atom. The maximum atomic E-state index is 5.20. The fraction of sp³-hybridized carbons (Fsp3) is 0.556. The Balaban J connectivity index is 2.20. The lowest BCUT2D eigenvalue weighted by molar-refractivity contribution is 0.566. The van der Waals surface area contributed by atoms with Crippen LogP contribution in [0.15, 0.2) is 58.5 Å². The van der Waals surface area contributed by atoms with E-state index in [4.69, 9.17) is 9.98 Å². The minimum Gasteiger partial charge on any atom is -0.251 e. The Hall–Kier alpha value is -2.48. The van der Waals surface area contributed by atoms with E-state index in [1.165, 1.54) is 92.9 Å². The van der Waals surface area contributed by atoms with E-state index in [1.807, 2.05) is 0 Å². The quantitative estimate of drug-likeness (QED) is 0.140. The SMILES string of the molecule is CCCCCCCCCCCC=CC(=Nc1cc(C)cc(C)c1)C(CCCCC)=Nc1cc(C)cc(C)c1. The van der Waals surface area contributed by atoms with Crippen LogP contribution in [0.5, 0.6) is 0 Å². The van der Waals surface area contributed by atoms with Crippen molar-refractivity contribution in [2.24, 2.45) is 9.98 Å². The third-order valence-electron chi connectivity index (χ3n) is 6.99.